The molecule has 0 aromatic heterocycles. The summed E-state index contributed by atoms with van der Waals surface area (Å²) in [5.74, 6) is -0.833. The van der Waals surface area contributed by atoms with Crippen LogP contribution >= 0.6 is 0 Å². The van der Waals surface area contributed by atoms with Crippen LogP contribution in [-0.2, 0) is 4.79 Å². The fourth-order valence-corrected chi connectivity index (χ4v) is 0.485. The van der Waals surface area contributed by atoms with E-state index in [4.69, 9.17) is 25.2 Å². The lowest BCUT2D eigenvalue weighted by Crippen LogP contribution is -2.32. The van der Waals surface area contributed by atoms with Crippen molar-refractivity contribution in [2.45, 2.75) is 20.3 Å². The maximum Gasteiger partial charge on any atom is 0.300 e. The number of aliphatic hydroxyl groups excluding tert-OH is 3. The number of aliphatic carboxylic acids is 1. The van der Waals surface area contributed by atoms with Gasteiger partial charge in [0.15, 0.2) is 0 Å². The van der Waals surface area contributed by atoms with Crippen molar-refractivity contribution in [2.24, 2.45) is 5.41 Å². The van der Waals surface area contributed by atoms with Gasteiger partial charge < -0.3 is 20.4 Å². The van der Waals surface area contributed by atoms with Gasteiger partial charge >= 0.3 is 0 Å². The molecule has 80 valence electrons. The molecule has 0 saturated heterocycles. The lowest BCUT2D eigenvalue weighted by molar-refractivity contribution is -0.134. The lowest BCUT2D eigenvalue weighted by Gasteiger charge is -2.24. The van der Waals surface area contributed by atoms with Gasteiger partial charge in [-0.3, -0.25) is 4.79 Å². The fourth-order valence-electron chi connectivity index (χ4n) is 0.485. The van der Waals surface area contributed by atoms with E-state index >= 15 is 0 Å². The van der Waals surface area contributed by atoms with Crippen molar-refractivity contribution in [3.8, 4) is 0 Å². The summed E-state index contributed by atoms with van der Waals surface area (Å²) >= 11 is 0. The highest BCUT2D eigenvalue weighted by Gasteiger charge is 2.24. The van der Waals surface area contributed by atoms with E-state index in [-0.39, 0.29) is 19.8 Å². The summed E-state index contributed by atoms with van der Waals surface area (Å²) in [6.45, 7) is 2.44. The topological polar surface area (TPSA) is 98.0 Å². The zero-order chi connectivity index (χ0) is 10.9. The van der Waals surface area contributed by atoms with Crippen molar-refractivity contribution in [2.75, 3.05) is 19.8 Å². The lowest BCUT2D eigenvalue weighted by atomic mass is 9.88. The van der Waals surface area contributed by atoms with E-state index in [0.717, 1.165) is 6.92 Å². The Morgan fingerprint density at radius 2 is 1.38 bits per heavy atom. The van der Waals surface area contributed by atoms with E-state index < -0.39 is 11.4 Å². The molecule has 0 aliphatic heterocycles. The van der Waals surface area contributed by atoms with Crippen molar-refractivity contribution >= 4 is 5.97 Å². The first-order chi connectivity index (χ1) is 5.97. The molecule has 0 amide bonds. The Balaban J connectivity index is 0. The van der Waals surface area contributed by atoms with Crippen LogP contribution in [0, 0.1) is 5.41 Å². The SMILES string of the molecule is CC(=O)O.CCC(CO)(CO)CO. The van der Waals surface area contributed by atoms with E-state index in [0.29, 0.717) is 6.42 Å². The smallest absolute Gasteiger partial charge is 0.300 e. The summed E-state index contributed by atoms with van der Waals surface area (Å²) in [5.41, 5.74) is -0.667. The molecule has 0 fully saturated rings. The first kappa shape index (κ1) is 14.9. The van der Waals surface area contributed by atoms with E-state index in [1.54, 1.807) is 0 Å². The van der Waals surface area contributed by atoms with E-state index in [2.05, 4.69) is 0 Å². The molecule has 5 nitrogen and oxygen atoms in total. The van der Waals surface area contributed by atoms with Gasteiger partial charge in [0.25, 0.3) is 5.97 Å². The Labute approximate surface area is 77.6 Å². The molecule has 0 aliphatic rings. The summed E-state index contributed by atoms with van der Waals surface area (Å²) in [4.78, 5) is 9.00. The minimum absolute atomic E-state index is 0.156. The first-order valence-electron chi connectivity index (χ1n) is 4.00. The predicted molar refractivity (Wildman–Crippen MR) is 47.3 cm³/mol. The summed E-state index contributed by atoms with van der Waals surface area (Å²) < 4.78 is 0. The van der Waals surface area contributed by atoms with Crippen LogP contribution in [-0.4, -0.2) is 46.2 Å². The predicted octanol–water partition coefficient (Wildman–Crippen LogP) is -0.549. The maximum atomic E-state index is 9.00. The van der Waals surface area contributed by atoms with E-state index in [1.807, 2.05) is 6.92 Å². The van der Waals surface area contributed by atoms with Gasteiger partial charge in [-0.15, -0.1) is 0 Å². The van der Waals surface area contributed by atoms with Crippen molar-refractivity contribution in [3.63, 3.8) is 0 Å². The Morgan fingerprint density at radius 1 is 1.15 bits per heavy atom. The molecule has 0 rings (SSSR count). The van der Waals surface area contributed by atoms with Crippen LogP contribution in [0.1, 0.15) is 20.3 Å². The van der Waals surface area contributed by atoms with E-state index in [9.17, 15) is 0 Å². The minimum Gasteiger partial charge on any atom is -0.481 e. The van der Waals surface area contributed by atoms with Crippen LogP contribution < -0.4 is 0 Å². The molecule has 0 radical (unpaired) electrons. The van der Waals surface area contributed by atoms with Crippen LogP contribution in [0.3, 0.4) is 0 Å². The Kier molecular flexibility index (Phi) is 9.11. The molecule has 0 aliphatic carbocycles. The average molecular weight is 194 g/mol. The monoisotopic (exact) mass is 194 g/mol. The van der Waals surface area contributed by atoms with Crippen molar-refractivity contribution in [3.05, 3.63) is 0 Å². The van der Waals surface area contributed by atoms with Gasteiger partial charge in [0.05, 0.1) is 19.8 Å². The standard InChI is InChI=1S/C6H14O3.C2H4O2/c1-2-6(3-7,4-8)5-9;1-2(3)4/h7-9H,2-5H2,1H3;1H3,(H,3,4). The Bertz CT molecular complexity index is 109. The average Bonchev–Trinajstić information content (AvgIpc) is 2.09. The zero-order valence-electron chi connectivity index (χ0n) is 8.03. The minimum atomic E-state index is -0.833. The number of hydrogen-bond donors (Lipinski definition) is 4. The Hall–Kier alpha value is -0.650. The summed E-state index contributed by atoms with van der Waals surface area (Å²) in [6, 6.07) is 0. The molecular weight excluding hydrogens is 176 g/mol. The second kappa shape index (κ2) is 7.97. The van der Waals surface area contributed by atoms with Crippen molar-refractivity contribution < 1.29 is 25.2 Å². The zero-order valence-corrected chi connectivity index (χ0v) is 8.03. The molecule has 0 saturated carbocycles. The normalized spacial score (nSPS) is 10.2. The highest BCUT2D eigenvalue weighted by molar-refractivity contribution is 5.62. The summed E-state index contributed by atoms with van der Waals surface area (Å²) in [5, 5.41) is 33.4. The number of aliphatic hydroxyl groups is 3. The largest absolute Gasteiger partial charge is 0.481 e. The van der Waals surface area contributed by atoms with Gasteiger partial charge in [-0.1, -0.05) is 6.92 Å². The van der Waals surface area contributed by atoms with Crippen molar-refractivity contribution in [1.82, 2.24) is 0 Å². The maximum absolute atomic E-state index is 9.00. The molecule has 0 heterocycles. The third kappa shape index (κ3) is 7.70. The van der Waals surface area contributed by atoms with Crippen LogP contribution in [0.4, 0.5) is 0 Å². The number of carboxylic acids is 1. The van der Waals surface area contributed by atoms with Gasteiger partial charge in [-0.25, -0.2) is 0 Å². The van der Waals surface area contributed by atoms with Crippen molar-refractivity contribution in [1.29, 1.82) is 0 Å². The molecule has 0 atom stereocenters. The second-order valence-electron chi connectivity index (χ2n) is 2.85. The fraction of sp³-hybridized carbons (Fsp3) is 0.875. The quantitative estimate of drug-likeness (QED) is 0.481. The molecule has 0 spiro atoms. The molecular formula is C8H18O5. The molecule has 5 heteroatoms. The van der Waals surface area contributed by atoms with E-state index in [1.165, 1.54) is 0 Å². The Morgan fingerprint density at radius 3 is 1.38 bits per heavy atom. The molecule has 0 aromatic carbocycles. The highest BCUT2D eigenvalue weighted by Crippen LogP contribution is 2.18. The number of carbonyl (C=O) groups is 1. The van der Waals surface area contributed by atoms with Crippen LogP contribution in [0.2, 0.25) is 0 Å². The third-order valence-corrected chi connectivity index (χ3v) is 1.76. The van der Waals surface area contributed by atoms with Crippen LogP contribution in [0.15, 0.2) is 0 Å². The van der Waals surface area contributed by atoms with Gasteiger partial charge in [-0.05, 0) is 6.42 Å². The van der Waals surface area contributed by atoms with Crippen LogP contribution in [0.25, 0.3) is 0 Å². The molecule has 0 unspecified atom stereocenters. The molecule has 4 N–H and O–H groups in total. The third-order valence-electron chi connectivity index (χ3n) is 1.76. The second-order valence-corrected chi connectivity index (χ2v) is 2.85. The van der Waals surface area contributed by atoms with Gasteiger partial charge in [0, 0.05) is 12.3 Å². The summed E-state index contributed by atoms with van der Waals surface area (Å²) in [7, 11) is 0. The number of rotatable bonds is 4. The van der Waals surface area contributed by atoms with Gasteiger partial charge in [0.1, 0.15) is 0 Å². The molecule has 13 heavy (non-hydrogen) atoms. The molecule has 0 bridgehead atoms. The highest BCUT2D eigenvalue weighted by atomic mass is 16.4. The van der Waals surface area contributed by atoms with Gasteiger partial charge in [0.2, 0.25) is 0 Å². The first-order valence-corrected chi connectivity index (χ1v) is 4.00. The van der Waals surface area contributed by atoms with Gasteiger partial charge in [-0.2, -0.15) is 0 Å². The summed E-state index contributed by atoms with van der Waals surface area (Å²) in [6.07, 6.45) is 0.594. The number of carboxylic acid groups (broad SMARTS) is 1. The number of hydrogen-bond acceptors (Lipinski definition) is 4. The molecule has 0 aromatic rings. The van der Waals surface area contributed by atoms with Crippen LogP contribution in [0.5, 0.6) is 0 Å².